The van der Waals surface area contributed by atoms with Gasteiger partial charge in [-0.25, -0.2) is 9.97 Å². The number of carbonyl (C=O) groups is 1. The average Bonchev–Trinajstić information content (AvgIpc) is 2.93. The molecule has 1 fully saturated rings. The summed E-state index contributed by atoms with van der Waals surface area (Å²) in [5.41, 5.74) is 11.0. The number of hydrogen-bond donors (Lipinski definition) is 3. The average molecular weight is 254 g/mol. The van der Waals surface area contributed by atoms with Crippen LogP contribution < -0.4 is 11.5 Å². The molecule has 0 saturated heterocycles. The Labute approximate surface area is 103 Å². The number of carboxylic acids is 1. The number of nitrogens with zero attached hydrogens (tertiary/aromatic N) is 2. The van der Waals surface area contributed by atoms with Gasteiger partial charge in [0.1, 0.15) is 11.6 Å². The van der Waals surface area contributed by atoms with Gasteiger partial charge in [0.15, 0.2) is 5.16 Å². The quantitative estimate of drug-likeness (QED) is 0.530. The van der Waals surface area contributed by atoms with E-state index >= 15 is 0 Å². The maximum Gasteiger partial charge on any atom is 0.303 e. The highest BCUT2D eigenvalue weighted by Crippen LogP contribution is 2.51. The van der Waals surface area contributed by atoms with Crippen molar-refractivity contribution in [2.24, 2.45) is 5.41 Å². The molecule has 17 heavy (non-hydrogen) atoms. The zero-order valence-corrected chi connectivity index (χ0v) is 10.0. The lowest BCUT2D eigenvalue weighted by Gasteiger charge is -2.10. The van der Waals surface area contributed by atoms with Gasteiger partial charge in [0.25, 0.3) is 0 Å². The van der Waals surface area contributed by atoms with Crippen molar-refractivity contribution >= 4 is 29.4 Å². The SMILES string of the molecule is Nc1cc(N)nc(SCC2(CC(=O)O)CC2)n1. The van der Waals surface area contributed by atoms with E-state index in [0.717, 1.165) is 12.8 Å². The van der Waals surface area contributed by atoms with Crippen molar-refractivity contribution in [3.63, 3.8) is 0 Å². The zero-order valence-electron chi connectivity index (χ0n) is 9.22. The summed E-state index contributed by atoms with van der Waals surface area (Å²) < 4.78 is 0. The van der Waals surface area contributed by atoms with Crippen LogP contribution in [0.1, 0.15) is 19.3 Å². The molecule has 1 aromatic rings. The van der Waals surface area contributed by atoms with E-state index < -0.39 is 5.97 Å². The van der Waals surface area contributed by atoms with E-state index in [1.54, 1.807) is 0 Å². The zero-order chi connectivity index (χ0) is 12.5. The van der Waals surface area contributed by atoms with Crippen LogP contribution in [0, 0.1) is 5.41 Å². The smallest absolute Gasteiger partial charge is 0.303 e. The summed E-state index contributed by atoms with van der Waals surface area (Å²) in [7, 11) is 0. The number of hydrogen-bond acceptors (Lipinski definition) is 6. The van der Waals surface area contributed by atoms with Gasteiger partial charge in [-0.15, -0.1) is 0 Å². The fourth-order valence-electron chi connectivity index (χ4n) is 1.61. The van der Waals surface area contributed by atoms with Crippen LogP contribution in [-0.4, -0.2) is 26.8 Å². The van der Waals surface area contributed by atoms with Crippen molar-refractivity contribution in [3.8, 4) is 0 Å². The molecule has 6 nitrogen and oxygen atoms in total. The number of nitrogens with two attached hydrogens (primary N) is 2. The number of nitrogen functional groups attached to an aromatic ring is 2. The summed E-state index contributed by atoms with van der Waals surface area (Å²) in [6, 6.07) is 1.49. The number of thioether (sulfide) groups is 1. The summed E-state index contributed by atoms with van der Waals surface area (Å²) in [5.74, 6) is 0.615. The third kappa shape index (κ3) is 3.23. The summed E-state index contributed by atoms with van der Waals surface area (Å²) in [6.07, 6.45) is 2.10. The molecule has 0 aromatic carbocycles. The minimum atomic E-state index is -0.754. The first-order valence-electron chi connectivity index (χ1n) is 5.24. The maximum absolute atomic E-state index is 10.7. The number of rotatable bonds is 5. The van der Waals surface area contributed by atoms with Crippen LogP contribution in [0.5, 0.6) is 0 Å². The normalized spacial score (nSPS) is 16.7. The van der Waals surface area contributed by atoms with Crippen molar-refractivity contribution in [3.05, 3.63) is 6.07 Å². The standard InChI is InChI=1S/C10H14N4O2S/c11-6-3-7(12)14-9(13-6)17-5-10(1-2-10)4-8(15)16/h3H,1-2,4-5H2,(H,15,16)(H4,11,12,13,14). The second-order valence-electron chi connectivity index (χ2n) is 4.36. The highest BCUT2D eigenvalue weighted by Gasteiger charge is 2.44. The molecule has 0 radical (unpaired) electrons. The molecule has 5 N–H and O–H groups in total. The molecule has 2 rings (SSSR count). The Hall–Kier alpha value is -1.50. The molecule has 92 valence electrons. The Kier molecular flexibility index (Phi) is 3.10. The molecular weight excluding hydrogens is 240 g/mol. The molecule has 1 aliphatic carbocycles. The Bertz CT molecular complexity index is 428. The lowest BCUT2D eigenvalue weighted by molar-refractivity contribution is -0.138. The second kappa shape index (κ2) is 4.40. The van der Waals surface area contributed by atoms with Crippen LogP contribution in [0.3, 0.4) is 0 Å². The largest absolute Gasteiger partial charge is 0.481 e. The molecule has 1 heterocycles. The van der Waals surface area contributed by atoms with Gasteiger partial charge in [-0.3, -0.25) is 4.79 Å². The molecule has 0 unspecified atom stereocenters. The fourth-order valence-corrected chi connectivity index (χ4v) is 2.78. The summed E-state index contributed by atoms with van der Waals surface area (Å²) >= 11 is 1.41. The second-order valence-corrected chi connectivity index (χ2v) is 5.30. The monoisotopic (exact) mass is 254 g/mol. The van der Waals surface area contributed by atoms with Gasteiger partial charge in [0, 0.05) is 11.8 Å². The van der Waals surface area contributed by atoms with Gasteiger partial charge in [0.2, 0.25) is 0 Å². The van der Waals surface area contributed by atoms with Crippen LogP contribution in [0.4, 0.5) is 11.6 Å². The molecule has 0 amide bonds. The summed E-state index contributed by atoms with van der Waals surface area (Å²) in [5, 5.41) is 9.31. The summed E-state index contributed by atoms with van der Waals surface area (Å²) in [6.45, 7) is 0. The molecule has 0 spiro atoms. The van der Waals surface area contributed by atoms with Crippen molar-refractivity contribution in [1.29, 1.82) is 0 Å². The van der Waals surface area contributed by atoms with E-state index in [-0.39, 0.29) is 11.8 Å². The lowest BCUT2D eigenvalue weighted by atomic mass is 10.1. The van der Waals surface area contributed by atoms with Gasteiger partial charge in [-0.1, -0.05) is 11.8 Å². The minimum absolute atomic E-state index is 0.0841. The summed E-state index contributed by atoms with van der Waals surface area (Å²) in [4.78, 5) is 18.8. The highest BCUT2D eigenvalue weighted by atomic mass is 32.2. The molecule has 0 atom stereocenters. The molecular formula is C10H14N4O2S. The highest BCUT2D eigenvalue weighted by molar-refractivity contribution is 7.99. The number of aromatic nitrogens is 2. The van der Waals surface area contributed by atoms with Crippen LogP contribution in [0.25, 0.3) is 0 Å². The Morgan fingerprint density at radius 2 is 2.00 bits per heavy atom. The third-order valence-corrected chi connectivity index (χ3v) is 3.93. The number of carboxylic acid groups (broad SMARTS) is 1. The fraction of sp³-hybridized carbons (Fsp3) is 0.500. The van der Waals surface area contributed by atoms with Crippen molar-refractivity contribution < 1.29 is 9.90 Å². The molecule has 1 aromatic heterocycles. The van der Waals surface area contributed by atoms with Crippen molar-refractivity contribution in [1.82, 2.24) is 9.97 Å². The van der Waals surface area contributed by atoms with E-state index in [9.17, 15) is 4.79 Å². The van der Waals surface area contributed by atoms with E-state index in [0.29, 0.717) is 22.5 Å². The van der Waals surface area contributed by atoms with Crippen LogP contribution in [-0.2, 0) is 4.79 Å². The third-order valence-electron chi connectivity index (χ3n) is 2.74. The first-order valence-corrected chi connectivity index (χ1v) is 6.22. The number of aliphatic carboxylic acids is 1. The van der Waals surface area contributed by atoms with E-state index in [1.807, 2.05) is 0 Å². The molecule has 1 saturated carbocycles. The lowest BCUT2D eigenvalue weighted by Crippen LogP contribution is -2.11. The van der Waals surface area contributed by atoms with Gasteiger partial charge >= 0.3 is 5.97 Å². The minimum Gasteiger partial charge on any atom is -0.481 e. The first-order chi connectivity index (χ1) is 7.99. The molecule has 1 aliphatic rings. The maximum atomic E-state index is 10.7. The van der Waals surface area contributed by atoms with E-state index in [4.69, 9.17) is 16.6 Å². The van der Waals surface area contributed by atoms with Gasteiger partial charge in [0.05, 0.1) is 6.42 Å². The number of anilines is 2. The van der Waals surface area contributed by atoms with Gasteiger partial charge < -0.3 is 16.6 Å². The van der Waals surface area contributed by atoms with Gasteiger partial charge in [-0.05, 0) is 18.3 Å². The molecule has 0 bridgehead atoms. The Morgan fingerprint density at radius 3 is 2.47 bits per heavy atom. The first kappa shape index (κ1) is 12.0. The van der Waals surface area contributed by atoms with Crippen molar-refractivity contribution in [2.45, 2.75) is 24.4 Å². The topological polar surface area (TPSA) is 115 Å². The Balaban J connectivity index is 1.96. The van der Waals surface area contributed by atoms with Crippen LogP contribution >= 0.6 is 11.8 Å². The molecule has 7 heteroatoms. The predicted molar refractivity (Wildman–Crippen MR) is 65.5 cm³/mol. The predicted octanol–water partition coefficient (Wildman–Crippen LogP) is 0.988. The van der Waals surface area contributed by atoms with Crippen LogP contribution in [0.2, 0.25) is 0 Å². The van der Waals surface area contributed by atoms with E-state index in [2.05, 4.69) is 9.97 Å². The van der Waals surface area contributed by atoms with Crippen molar-refractivity contribution in [2.75, 3.05) is 17.2 Å². The molecule has 0 aliphatic heterocycles. The Morgan fingerprint density at radius 1 is 1.41 bits per heavy atom. The van der Waals surface area contributed by atoms with Gasteiger partial charge in [-0.2, -0.15) is 0 Å². The van der Waals surface area contributed by atoms with E-state index in [1.165, 1.54) is 17.8 Å². The van der Waals surface area contributed by atoms with Crippen LogP contribution in [0.15, 0.2) is 11.2 Å².